The van der Waals surface area contributed by atoms with Gasteiger partial charge in [0, 0.05) is 13.3 Å². The number of carbonyl (C=O) groups excluding carboxylic acids is 1. The molecule has 0 saturated heterocycles. The standard InChI is InChI=1S/C30H48O2/c1-19(2)20(3)8-9-21(4)26-12-13-27-25-11-10-23-18-24(32-22(5)31)14-16-29(23,6)28(25)15-17-30(26,27)7/h10,19,21,24-28H,3,8-9,11-18H2,1-2,4-7H3/t21-,24-,25-,26+,27-,28-,29-,30-/m1/s1. The maximum Gasteiger partial charge on any atom is 0.302 e. The maximum absolute atomic E-state index is 11.5. The molecule has 180 valence electrons. The average molecular weight is 441 g/mol. The minimum absolute atomic E-state index is 0.106. The van der Waals surface area contributed by atoms with E-state index in [0.717, 1.165) is 42.4 Å². The van der Waals surface area contributed by atoms with E-state index in [1.165, 1.54) is 56.9 Å². The van der Waals surface area contributed by atoms with Crippen LogP contribution in [0, 0.1) is 46.3 Å². The van der Waals surface area contributed by atoms with Gasteiger partial charge < -0.3 is 4.74 Å². The highest BCUT2D eigenvalue weighted by atomic mass is 16.5. The Hall–Kier alpha value is -1.05. The van der Waals surface area contributed by atoms with E-state index in [9.17, 15) is 4.79 Å². The minimum Gasteiger partial charge on any atom is -0.462 e. The van der Waals surface area contributed by atoms with Crippen LogP contribution in [-0.4, -0.2) is 12.1 Å². The highest BCUT2D eigenvalue weighted by Crippen LogP contribution is 2.67. The van der Waals surface area contributed by atoms with Gasteiger partial charge in [-0.2, -0.15) is 0 Å². The van der Waals surface area contributed by atoms with Gasteiger partial charge in [0.1, 0.15) is 6.10 Å². The quantitative estimate of drug-likeness (QED) is 0.308. The summed E-state index contributed by atoms with van der Waals surface area (Å²) >= 11 is 0. The van der Waals surface area contributed by atoms with Gasteiger partial charge in [0.05, 0.1) is 0 Å². The fourth-order valence-corrected chi connectivity index (χ4v) is 8.84. The van der Waals surface area contributed by atoms with Gasteiger partial charge in [-0.3, -0.25) is 4.79 Å². The van der Waals surface area contributed by atoms with Crippen molar-refractivity contribution in [1.29, 1.82) is 0 Å². The molecule has 0 radical (unpaired) electrons. The lowest BCUT2D eigenvalue weighted by Crippen LogP contribution is -2.51. The number of hydrogen-bond acceptors (Lipinski definition) is 2. The van der Waals surface area contributed by atoms with E-state index >= 15 is 0 Å². The van der Waals surface area contributed by atoms with Crippen LogP contribution in [0.15, 0.2) is 23.8 Å². The van der Waals surface area contributed by atoms with Crippen LogP contribution < -0.4 is 0 Å². The zero-order valence-corrected chi connectivity index (χ0v) is 21.7. The zero-order chi connectivity index (χ0) is 23.3. The van der Waals surface area contributed by atoms with E-state index in [4.69, 9.17) is 4.74 Å². The molecule has 0 aromatic heterocycles. The Morgan fingerprint density at radius 2 is 1.88 bits per heavy atom. The molecule has 2 heteroatoms. The monoisotopic (exact) mass is 440 g/mol. The predicted octanol–water partition coefficient (Wildman–Crippen LogP) is 8.13. The first-order valence-electron chi connectivity index (χ1n) is 13.6. The minimum atomic E-state index is -0.121. The molecule has 4 aliphatic rings. The molecule has 0 bridgehead atoms. The van der Waals surface area contributed by atoms with Crippen molar-refractivity contribution in [2.24, 2.45) is 46.3 Å². The third-order valence-corrected chi connectivity index (χ3v) is 10.9. The summed E-state index contributed by atoms with van der Waals surface area (Å²) in [6, 6.07) is 0. The molecular weight excluding hydrogens is 392 g/mol. The van der Waals surface area contributed by atoms with Crippen molar-refractivity contribution < 1.29 is 9.53 Å². The first kappa shape index (κ1) is 24.1. The second kappa shape index (κ2) is 8.95. The molecule has 4 aliphatic carbocycles. The number of esters is 1. The lowest BCUT2D eigenvalue weighted by Gasteiger charge is -2.58. The molecule has 0 spiro atoms. The highest BCUT2D eigenvalue weighted by Gasteiger charge is 2.59. The van der Waals surface area contributed by atoms with E-state index < -0.39 is 0 Å². The van der Waals surface area contributed by atoms with Crippen molar-refractivity contribution in [3.63, 3.8) is 0 Å². The Labute approximate surface area is 197 Å². The molecular formula is C30H48O2. The normalized spacial score (nSPS) is 41.8. The van der Waals surface area contributed by atoms with Crippen molar-refractivity contribution >= 4 is 5.97 Å². The van der Waals surface area contributed by atoms with E-state index in [1.54, 1.807) is 12.5 Å². The van der Waals surface area contributed by atoms with Crippen LogP contribution in [0.4, 0.5) is 0 Å². The smallest absolute Gasteiger partial charge is 0.302 e. The van der Waals surface area contributed by atoms with E-state index in [1.807, 2.05) is 0 Å². The number of rotatable bonds is 6. The van der Waals surface area contributed by atoms with Crippen LogP contribution >= 0.6 is 0 Å². The summed E-state index contributed by atoms with van der Waals surface area (Å²) in [6.07, 6.45) is 15.4. The van der Waals surface area contributed by atoms with Gasteiger partial charge in [-0.15, -0.1) is 0 Å². The largest absolute Gasteiger partial charge is 0.462 e. The first-order chi connectivity index (χ1) is 15.1. The third kappa shape index (κ3) is 4.14. The van der Waals surface area contributed by atoms with Crippen LogP contribution in [0.5, 0.6) is 0 Å². The van der Waals surface area contributed by atoms with Gasteiger partial charge in [0.15, 0.2) is 0 Å². The van der Waals surface area contributed by atoms with Gasteiger partial charge in [-0.25, -0.2) is 0 Å². The SMILES string of the molecule is C=C(CC[C@@H](C)[C@@H]1CC[C@@H]2[C@H]3CC=C4C[C@H](OC(C)=O)CC[C@@]4(C)[C@@H]3CC[C@@]21C)C(C)C. The Morgan fingerprint density at radius 3 is 2.56 bits per heavy atom. The van der Waals surface area contributed by atoms with E-state index in [0.29, 0.717) is 16.7 Å². The molecule has 8 atom stereocenters. The molecule has 0 unspecified atom stereocenters. The fourth-order valence-electron chi connectivity index (χ4n) is 8.84. The van der Waals surface area contributed by atoms with Gasteiger partial charge in [-0.05, 0) is 104 Å². The van der Waals surface area contributed by atoms with Gasteiger partial charge in [0.25, 0.3) is 0 Å². The maximum atomic E-state index is 11.5. The lowest BCUT2D eigenvalue weighted by molar-refractivity contribution is -0.148. The second-order valence-electron chi connectivity index (χ2n) is 12.8. The first-order valence-corrected chi connectivity index (χ1v) is 13.6. The number of ether oxygens (including phenoxy) is 1. The van der Waals surface area contributed by atoms with Crippen molar-refractivity contribution in [2.45, 2.75) is 112 Å². The Balaban J connectivity index is 1.47. The summed E-state index contributed by atoms with van der Waals surface area (Å²) in [5.74, 6) is 4.76. The Kier molecular flexibility index (Phi) is 6.74. The Morgan fingerprint density at radius 1 is 1.12 bits per heavy atom. The lowest BCUT2D eigenvalue weighted by atomic mass is 9.47. The molecule has 0 aliphatic heterocycles. The molecule has 32 heavy (non-hydrogen) atoms. The van der Waals surface area contributed by atoms with Gasteiger partial charge in [0.2, 0.25) is 0 Å². The van der Waals surface area contributed by atoms with Crippen LogP contribution in [0.25, 0.3) is 0 Å². The van der Waals surface area contributed by atoms with Crippen LogP contribution in [0.1, 0.15) is 106 Å². The van der Waals surface area contributed by atoms with Gasteiger partial charge >= 0.3 is 5.97 Å². The predicted molar refractivity (Wildman–Crippen MR) is 133 cm³/mol. The topological polar surface area (TPSA) is 26.3 Å². The summed E-state index contributed by atoms with van der Waals surface area (Å²) in [5, 5.41) is 0. The van der Waals surface area contributed by atoms with Crippen LogP contribution in [-0.2, 0) is 9.53 Å². The Bertz CT molecular complexity index is 763. The summed E-state index contributed by atoms with van der Waals surface area (Å²) in [5.41, 5.74) is 3.90. The molecule has 0 amide bonds. The summed E-state index contributed by atoms with van der Waals surface area (Å²) < 4.78 is 5.62. The average Bonchev–Trinajstić information content (AvgIpc) is 3.08. The molecule has 3 fully saturated rings. The molecule has 2 nitrogen and oxygen atoms in total. The summed E-state index contributed by atoms with van der Waals surface area (Å²) in [4.78, 5) is 11.5. The fraction of sp³-hybridized carbons (Fsp3) is 0.833. The van der Waals surface area contributed by atoms with E-state index in [2.05, 4.69) is 47.3 Å². The summed E-state index contributed by atoms with van der Waals surface area (Å²) in [7, 11) is 0. The molecule has 0 aromatic carbocycles. The van der Waals surface area contributed by atoms with Crippen LogP contribution in [0.2, 0.25) is 0 Å². The van der Waals surface area contributed by atoms with Crippen molar-refractivity contribution in [1.82, 2.24) is 0 Å². The van der Waals surface area contributed by atoms with Gasteiger partial charge in [-0.1, -0.05) is 58.4 Å². The number of allylic oxidation sites excluding steroid dienone is 2. The van der Waals surface area contributed by atoms with Crippen molar-refractivity contribution in [2.75, 3.05) is 0 Å². The third-order valence-electron chi connectivity index (χ3n) is 10.9. The number of carbonyl (C=O) groups is 1. The molecule has 0 aromatic rings. The second-order valence-corrected chi connectivity index (χ2v) is 12.8. The molecule has 0 N–H and O–H groups in total. The van der Waals surface area contributed by atoms with E-state index in [-0.39, 0.29) is 12.1 Å². The number of fused-ring (bicyclic) bond motifs is 5. The zero-order valence-electron chi connectivity index (χ0n) is 21.7. The highest BCUT2D eigenvalue weighted by molar-refractivity contribution is 5.66. The van der Waals surface area contributed by atoms with Crippen molar-refractivity contribution in [3.05, 3.63) is 23.8 Å². The number of hydrogen-bond donors (Lipinski definition) is 0. The summed E-state index contributed by atoms with van der Waals surface area (Å²) in [6.45, 7) is 18.2. The van der Waals surface area contributed by atoms with Crippen LogP contribution in [0.3, 0.4) is 0 Å². The molecule has 3 saturated carbocycles. The molecule has 4 rings (SSSR count). The molecule has 0 heterocycles. The van der Waals surface area contributed by atoms with Crippen molar-refractivity contribution in [3.8, 4) is 0 Å².